The highest BCUT2D eigenvalue weighted by Gasteiger charge is 2.41. The predicted molar refractivity (Wildman–Crippen MR) is 55.0 cm³/mol. The van der Waals surface area contributed by atoms with Gasteiger partial charge in [0.2, 0.25) is 0 Å². The summed E-state index contributed by atoms with van der Waals surface area (Å²) in [5.41, 5.74) is 0. The Hall–Kier alpha value is -0.570. The van der Waals surface area contributed by atoms with Crippen LogP contribution in [-0.2, 0) is 0 Å². The van der Waals surface area contributed by atoms with Crippen LogP contribution < -0.4 is 5.32 Å². The zero-order chi connectivity index (χ0) is 8.67. The largest absolute Gasteiger partial charge is 0.358 e. The van der Waals surface area contributed by atoms with Gasteiger partial charge >= 0.3 is 0 Å². The zero-order valence-corrected chi connectivity index (χ0v) is 8.39. The molecule has 1 aromatic heterocycles. The Kier molecular flexibility index (Phi) is 1.79. The maximum atomic E-state index is 4.28. The van der Waals surface area contributed by atoms with Crippen LogP contribution in [0, 0.1) is 11.8 Å². The molecule has 1 N–H and O–H groups in total. The monoisotopic (exact) mass is 194 g/mol. The van der Waals surface area contributed by atoms with Gasteiger partial charge in [0, 0.05) is 17.6 Å². The molecule has 2 aliphatic carbocycles. The smallest absolute Gasteiger partial charge is 0.182 e. The summed E-state index contributed by atoms with van der Waals surface area (Å²) in [4.78, 5) is 4.28. The lowest BCUT2D eigenvalue weighted by Gasteiger charge is -2.16. The minimum Gasteiger partial charge on any atom is -0.358 e. The van der Waals surface area contributed by atoms with E-state index >= 15 is 0 Å². The summed E-state index contributed by atoms with van der Waals surface area (Å²) in [5, 5.41) is 6.75. The van der Waals surface area contributed by atoms with Crippen molar-refractivity contribution in [2.45, 2.75) is 31.7 Å². The number of nitrogens with one attached hydrogen (secondary N) is 1. The standard InChI is InChI=1S/C10H14N2S/c1-2-7(1)9(8-3-4-8)12-10-11-5-6-13-10/h5-9H,1-4H2,(H,11,12). The van der Waals surface area contributed by atoms with Crippen molar-refractivity contribution in [1.82, 2.24) is 4.98 Å². The minimum atomic E-state index is 0.742. The van der Waals surface area contributed by atoms with Crippen molar-refractivity contribution in [2.24, 2.45) is 11.8 Å². The first kappa shape index (κ1) is 7.80. The van der Waals surface area contributed by atoms with Gasteiger partial charge in [-0.3, -0.25) is 0 Å². The summed E-state index contributed by atoms with van der Waals surface area (Å²) in [6.07, 6.45) is 7.60. The number of thiazole rings is 1. The molecule has 0 unspecified atom stereocenters. The summed E-state index contributed by atoms with van der Waals surface area (Å²) in [6, 6.07) is 0.742. The third-order valence-corrected chi connectivity index (χ3v) is 3.69. The lowest BCUT2D eigenvalue weighted by atomic mass is 10.1. The van der Waals surface area contributed by atoms with Gasteiger partial charge in [-0.2, -0.15) is 0 Å². The van der Waals surface area contributed by atoms with Crippen molar-refractivity contribution >= 4 is 16.5 Å². The maximum absolute atomic E-state index is 4.28. The van der Waals surface area contributed by atoms with Crippen molar-refractivity contribution < 1.29 is 0 Å². The van der Waals surface area contributed by atoms with Crippen LogP contribution in [0.3, 0.4) is 0 Å². The molecule has 0 amide bonds. The Labute approximate surface area is 82.4 Å². The molecule has 2 saturated carbocycles. The fourth-order valence-electron chi connectivity index (χ4n) is 1.97. The van der Waals surface area contributed by atoms with Gasteiger partial charge in [-0.05, 0) is 37.5 Å². The van der Waals surface area contributed by atoms with Crippen molar-refractivity contribution in [3.05, 3.63) is 11.6 Å². The van der Waals surface area contributed by atoms with Gasteiger partial charge in [-0.15, -0.1) is 11.3 Å². The topological polar surface area (TPSA) is 24.9 Å². The van der Waals surface area contributed by atoms with Crippen LogP contribution >= 0.6 is 11.3 Å². The van der Waals surface area contributed by atoms with Crippen molar-refractivity contribution in [3.63, 3.8) is 0 Å². The van der Waals surface area contributed by atoms with Crippen molar-refractivity contribution in [2.75, 3.05) is 5.32 Å². The highest BCUT2D eigenvalue weighted by Crippen LogP contribution is 2.45. The van der Waals surface area contributed by atoms with Gasteiger partial charge < -0.3 is 5.32 Å². The Bertz CT molecular complexity index is 263. The zero-order valence-electron chi connectivity index (χ0n) is 7.57. The molecule has 13 heavy (non-hydrogen) atoms. The van der Waals surface area contributed by atoms with Gasteiger partial charge in [0.15, 0.2) is 5.13 Å². The molecule has 2 aliphatic rings. The molecule has 0 atom stereocenters. The van der Waals surface area contributed by atoms with E-state index in [0.717, 1.165) is 23.0 Å². The van der Waals surface area contributed by atoms with E-state index in [1.807, 2.05) is 11.6 Å². The minimum absolute atomic E-state index is 0.742. The number of hydrogen-bond acceptors (Lipinski definition) is 3. The van der Waals surface area contributed by atoms with Crippen LogP contribution in [0.4, 0.5) is 5.13 Å². The van der Waals surface area contributed by atoms with Crippen LogP contribution in [0.5, 0.6) is 0 Å². The average molecular weight is 194 g/mol. The summed E-state index contributed by atoms with van der Waals surface area (Å²) in [6.45, 7) is 0. The first-order chi connectivity index (χ1) is 6.43. The second-order valence-corrected chi connectivity index (χ2v) is 5.08. The van der Waals surface area contributed by atoms with E-state index in [1.54, 1.807) is 11.3 Å². The summed E-state index contributed by atoms with van der Waals surface area (Å²) in [7, 11) is 0. The molecule has 0 radical (unpaired) electrons. The van der Waals surface area contributed by atoms with Crippen molar-refractivity contribution in [3.8, 4) is 0 Å². The Morgan fingerprint density at radius 3 is 2.46 bits per heavy atom. The van der Waals surface area contributed by atoms with E-state index in [2.05, 4.69) is 10.3 Å². The van der Waals surface area contributed by atoms with Gasteiger partial charge in [0.1, 0.15) is 0 Å². The molecule has 2 nitrogen and oxygen atoms in total. The number of nitrogens with zero attached hydrogens (tertiary/aromatic N) is 1. The number of anilines is 1. The number of aromatic nitrogens is 1. The molecule has 1 aromatic rings. The van der Waals surface area contributed by atoms with Crippen LogP contribution in [0.2, 0.25) is 0 Å². The number of rotatable bonds is 4. The molecule has 1 heterocycles. The lowest BCUT2D eigenvalue weighted by molar-refractivity contribution is 0.567. The third kappa shape index (κ3) is 1.70. The molecule has 2 fully saturated rings. The quantitative estimate of drug-likeness (QED) is 0.797. The molecule has 0 bridgehead atoms. The molecular weight excluding hydrogens is 180 g/mol. The summed E-state index contributed by atoms with van der Waals surface area (Å²) in [5.74, 6) is 1.91. The summed E-state index contributed by atoms with van der Waals surface area (Å²) < 4.78 is 0. The average Bonchev–Trinajstić information content (AvgIpc) is 3.04. The number of hydrogen-bond donors (Lipinski definition) is 1. The molecular formula is C10H14N2S. The second kappa shape index (κ2) is 2.98. The SMILES string of the molecule is c1csc(NC(C2CC2)C2CC2)n1. The summed E-state index contributed by atoms with van der Waals surface area (Å²) >= 11 is 1.72. The van der Waals surface area contributed by atoms with Crippen LogP contribution in [-0.4, -0.2) is 11.0 Å². The van der Waals surface area contributed by atoms with Crippen LogP contribution in [0.25, 0.3) is 0 Å². The Balaban J connectivity index is 1.67. The van der Waals surface area contributed by atoms with E-state index in [1.165, 1.54) is 25.7 Å². The Morgan fingerprint density at radius 1 is 1.31 bits per heavy atom. The van der Waals surface area contributed by atoms with E-state index in [-0.39, 0.29) is 0 Å². The molecule has 3 heteroatoms. The van der Waals surface area contributed by atoms with Crippen molar-refractivity contribution in [1.29, 1.82) is 0 Å². The van der Waals surface area contributed by atoms with Gasteiger partial charge in [-0.25, -0.2) is 4.98 Å². The van der Waals surface area contributed by atoms with E-state index in [9.17, 15) is 0 Å². The molecule has 0 aromatic carbocycles. The molecule has 70 valence electrons. The van der Waals surface area contributed by atoms with E-state index in [4.69, 9.17) is 0 Å². The van der Waals surface area contributed by atoms with E-state index in [0.29, 0.717) is 0 Å². The van der Waals surface area contributed by atoms with Gasteiger partial charge in [-0.1, -0.05) is 0 Å². The molecule has 3 rings (SSSR count). The first-order valence-electron chi connectivity index (χ1n) is 5.09. The van der Waals surface area contributed by atoms with Gasteiger partial charge in [0.05, 0.1) is 0 Å². The van der Waals surface area contributed by atoms with E-state index < -0.39 is 0 Å². The second-order valence-electron chi connectivity index (χ2n) is 4.18. The normalized spacial score (nSPS) is 22.2. The molecule has 0 aliphatic heterocycles. The fraction of sp³-hybridized carbons (Fsp3) is 0.700. The Morgan fingerprint density at radius 2 is 2.00 bits per heavy atom. The van der Waals surface area contributed by atoms with Crippen LogP contribution in [0.15, 0.2) is 11.6 Å². The van der Waals surface area contributed by atoms with Crippen LogP contribution in [0.1, 0.15) is 25.7 Å². The highest BCUT2D eigenvalue weighted by atomic mass is 32.1. The van der Waals surface area contributed by atoms with Gasteiger partial charge in [0.25, 0.3) is 0 Å². The lowest BCUT2D eigenvalue weighted by Crippen LogP contribution is -2.23. The predicted octanol–water partition coefficient (Wildman–Crippen LogP) is 2.74. The maximum Gasteiger partial charge on any atom is 0.182 e. The third-order valence-electron chi connectivity index (χ3n) is 2.98. The molecule has 0 saturated heterocycles. The molecule has 0 spiro atoms. The fourth-order valence-corrected chi connectivity index (χ4v) is 2.55. The first-order valence-corrected chi connectivity index (χ1v) is 5.97. The highest BCUT2D eigenvalue weighted by molar-refractivity contribution is 7.13.